The summed E-state index contributed by atoms with van der Waals surface area (Å²) in [4.78, 5) is 15.1. The summed E-state index contributed by atoms with van der Waals surface area (Å²) in [6.07, 6.45) is 2.41. The van der Waals surface area contributed by atoms with Gasteiger partial charge in [-0.25, -0.2) is 0 Å². The maximum absolute atomic E-state index is 13.2. The first-order valence-corrected chi connectivity index (χ1v) is 9.30. The molecule has 2 aromatic carbocycles. The Hall–Kier alpha value is -3.15. The second-order valence-corrected chi connectivity index (χ2v) is 6.58. The number of anilines is 1. The van der Waals surface area contributed by atoms with Crippen LogP contribution >= 0.6 is 0 Å². The lowest BCUT2D eigenvalue weighted by atomic mass is 9.97. The van der Waals surface area contributed by atoms with Gasteiger partial charge >= 0.3 is 0 Å². The fourth-order valence-electron chi connectivity index (χ4n) is 3.05. The third-order valence-corrected chi connectivity index (χ3v) is 4.66. The molecule has 0 aliphatic carbocycles. The van der Waals surface area contributed by atoms with Gasteiger partial charge in [0.2, 0.25) is 0 Å². The number of rotatable bonds is 9. The van der Waals surface area contributed by atoms with Crippen molar-refractivity contribution in [2.24, 2.45) is 0 Å². The zero-order valence-electron chi connectivity index (χ0n) is 18.2. The van der Waals surface area contributed by atoms with E-state index in [2.05, 4.69) is 0 Å². The number of ketones is 1. The summed E-state index contributed by atoms with van der Waals surface area (Å²) < 4.78 is 21.6. The maximum atomic E-state index is 13.2. The van der Waals surface area contributed by atoms with E-state index < -0.39 is 0 Å². The lowest BCUT2D eigenvalue weighted by Gasteiger charge is -2.18. The van der Waals surface area contributed by atoms with Gasteiger partial charge in [-0.2, -0.15) is 0 Å². The molecule has 6 heteroatoms. The summed E-state index contributed by atoms with van der Waals surface area (Å²) in [5.41, 5.74) is 2.85. The molecular weight excluding hydrogens is 370 g/mol. The van der Waals surface area contributed by atoms with Crippen molar-refractivity contribution in [3.63, 3.8) is 0 Å². The molecule has 0 heterocycles. The fraction of sp³-hybridized carbons (Fsp3) is 0.348. The molecule has 29 heavy (non-hydrogen) atoms. The number of carbonyl (C=O) groups excluding carboxylic acids is 1. The summed E-state index contributed by atoms with van der Waals surface area (Å²) in [6, 6.07) is 8.99. The summed E-state index contributed by atoms with van der Waals surface area (Å²) in [5, 5.41) is 0. The van der Waals surface area contributed by atoms with Crippen LogP contribution in [-0.4, -0.2) is 48.3 Å². The molecule has 0 saturated heterocycles. The first-order chi connectivity index (χ1) is 13.9. The number of hydrogen-bond donors (Lipinski definition) is 0. The van der Waals surface area contributed by atoms with Crippen molar-refractivity contribution < 1.29 is 23.7 Å². The molecule has 0 N–H and O–H groups in total. The molecule has 156 valence electrons. The van der Waals surface area contributed by atoms with Crippen LogP contribution in [0.1, 0.15) is 29.3 Å². The van der Waals surface area contributed by atoms with Crippen LogP contribution in [0, 0.1) is 0 Å². The van der Waals surface area contributed by atoms with E-state index in [1.54, 1.807) is 46.6 Å². The fourth-order valence-corrected chi connectivity index (χ4v) is 3.05. The van der Waals surface area contributed by atoms with Gasteiger partial charge in [-0.3, -0.25) is 4.79 Å². The van der Waals surface area contributed by atoms with Crippen molar-refractivity contribution in [1.29, 1.82) is 0 Å². The summed E-state index contributed by atoms with van der Waals surface area (Å²) in [7, 11) is 10.2. The maximum Gasteiger partial charge on any atom is 0.189 e. The highest BCUT2D eigenvalue weighted by atomic mass is 16.5. The van der Waals surface area contributed by atoms with Crippen molar-refractivity contribution in [2.75, 3.05) is 47.4 Å². The zero-order valence-corrected chi connectivity index (χ0v) is 18.2. The Morgan fingerprint density at radius 1 is 0.862 bits per heavy atom. The highest BCUT2D eigenvalue weighted by Gasteiger charge is 2.17. The first kappa shape index (κ1) is 22.1. The van der Waals surface area contributed by atoms with Crippen molar-refractivity contribution in [3.05, 3.63) is 47.0 Å². The lowest BCUT2D eigenvalue weighted by Crippen LogP contribution is -2.12. The molecule has 0 amide bonds. The van der Waals surface area contributed by atoms with E-state index in [1.165, 1.54) is 0 Å². The molecule has 0 aliphatic heterocycles. The van der Waals surface area contributed by atoms with Gasteiger partial charge in [-0.15, -0.1) is 0 Å². The molecule has 6 nitrogen and oxygen atoms in total. The lowest BCUT2D eigenvalue weighted by molar-refractivity contribution is 0.103. The summed E-state index contributed by atoms with van der Waals surface area (Å²) in [6.45, 7) is 1.95. The Morgan fingerprint density at radius 2 is 1.45 bits per heavy atom. The van der Waals surface area contributed by atoms with Crippen LogP contribution < -0.4 is 23.8 Å². The SMILES string of the molecule is CC/C(=C\c1cc(OC)c(OC)cc1OC)C(=O)c1ccc(OC)c(N(C)C)c1. The number of benzene rings is 2. The van der Waals surface area contributed by atoms with Gasteiger partial charge in [0, 0.05) is 36.9 Å². The molecule has 0 spiro atoms. The van der Waals surface area contributed by atoms with Crippen molar-refractivity contribution in [1.82, 2.24) is 0 Å². The van der Waals surface area contributed by atoms with Crippen LogP contribution in [0.3, 0.4) is 0 Å². The average Bonchev–Trinajstić information content (AvgIpc) is 2.75. The Kier molecular flexibility index (Phi) is 7.53. The molecule has 2 aromatic rings. The van der Waals surface area contributed by atoms with E-state index in [0.717, 1.165) is 17.0 Å². The van der Waals surface area contributed by atoms with E-state index >= 15 is 0 Å². The average molecular weight is 399 g/mol. The minimum absolute atomic E-state index is 0.0462. The summed E-state index contributed by atoms with van der Waals surface area (Å²) in [5.74, 6) is 2.41. The van der Waals surface area contributed by atoms with Gasteiger partial charge in [0.25, 0.3) is 0 Å². The smallest absolute Gasteiger partial charge is 0.189 e. The number of nitrogens with zero attached hydrogens (tertiary/aromatic N) is 1. The Bertz CT molecular complexity index is 902. The molecular formula is C23H29NO5. The standard InChI is InChI=1S/C23H29NO5/c1-8-15(11-17-13-21(28-6)22(29-7)14-20(17)27-5)23(25)16-9-10-19(26-4)18(12-16)24(2)3/h9-14H,8H2,1-7H3/b15-11+. The highest BCUT2D eigenvalue weighted by Crippen LogP contribution is 2.36. The second-order valence-electron chi connectivity index (χ2n) is 6.58. The molecule has 0 aromatic heterocycles. The van der Waals surface area contributed by atoms with E-state index in [4.69, 9.17) is 18.9 Å². The van der Waals surface area contributed by atoms with E-state index in [9.17, 15) is 4.79 Å². The highest BCUT2D eigenvalue weighted by molar-refractivity contribution is 6.12. The molecule has 2 rings (SSSR count). The topological polar surface area (TPSA) is 57.2 Å². The zero-order chi connectivity index (χ0) is 21.6. The first-order valence-electron chi connectivity index (χ1n) is 9.30. The molecule has 0 unspecified atom stereocenters. The quantitative estimate of drug-likeness (QED) is 0.458. The Balaban J connectivity index is 2.52. The van der Waals surface area contributed by atoms with Crippen molar-refractivity contribution in [2.45, 2.75) is 13.3 Å². The second kappa shape index (κ2) is 9.87. The molecule has 0 atom stereocenters. The minimum atomic E-state index is -0.0462. The van der Waals surface area contributed by atoms with Crippen LogP contribution in [0.25, 0.3) is 6.08 Å². The van der Waals surface area contributed by atoms with E-state index in [1.807, 2.05) is 44.1 Å². The molecule has 0 radical (unpaired) electrons. The number of hydrogen-bond acceptors (Lipinski definition) is 6. The van der Waals surface area contributed by atoms with Gasteiger partial charge in [-0.1, -0.05) is 6.92 Å². The molecule has 0 aliphatic rings. The predicted molar refractivity (Wildman–Crippen MR) is 116 cm³/mol. The number of Topliss-reactive ketones (excluding diaryl/α,β-unsaturated/α-hetero) is 1. The van der Waals surface area contributed by atoms with Crippen LogP contribution in [0.2, 0.25) is 0 Å². The van der Waals surface area contributed by atoms with Gasteiger partial charge < -0.3 is 23.8 Å². The monoisotopic (exact) mass is 399 g/mol. The number of ether oxygens (including phenoxy) is 4. The van der Waals surface area contributed by atoms with Crippen LogP contribution in [0.15, 0.2) is 35.9 Å². The third-order valence-electron chi connectivity index (χ3n) is 4.66. The third kappa shape index (κ3) is 4.83. The van der Waals surface area contributed by atoms with Gasteiger partial charge in [0.05, 0.1) is 34.1 Å². The normalized spacial score (nSPS) is 11.1. The number of carbonyl (C=O) groups is 1. The predicted octanol–water partition coefficient (Wildman–Crippen LogP) is 4.46. The van der Waals surface area contributed by atoms with Gasteiger partial charge in [-0.05, 0) is 36.8 Å². The van der Waals surface area contributed by atoms with Crippen LogP contribution in [-0.2, 0) is 0 Å². The van der Waals surface area contributed by atoms with E-state index in [0.29, 0.717) is 34.8 Å². The molecule has 0 bridgehead atoms. The largest absolute Gasteiger partial charge is 0.496 e. The Morgan fingerprint density at radius 3 is 1.97 bits per heavy atom. The summed E-state index contributed by atoms with van der Waals surface area (Å²) >= 11 is 0. The van der Waals surface area contributed by atoms with Gasteiger partial charge in [0.15, 0.2) is 17.3 Å². The number of allylic oxidation sites excluding steroid dienone is 1. The Labute approximate surface area is 172 Å². The number of methoxy groups -OCH3 is 4. The van der Waals surface area contributed by atoms with Gasteiger partial charge in [0.1, 0.15) is 11.5 Å². The van der Waals surface area contributed by atoms with Crippen molar-refractivity contribution >= 4 is 17.5 Å². The van der Waals surface area contributed by atoms with E-state index in [-0.39, 0.29) is 5.78 Å². The molecule has 0 fully saturated rings. The van der Waals surface area contributed by atoms with Crippen molar-refractivity contribution in [3.8, 4) is 23.0 Å². The molecule has 0 saturated carbocycles. The van der Waals surface area contributed by atoms with Crippen LogP contribution in [0.5, 0.6) is 23.0 Å². The van der Waals surface area contributed by atoms with Crippen LogP contribution in [0.4, 0.5) is 5.69 Å². The minimum Gasteiger partial charge on any atom is -0.496 e.